The lowest BCUT2D eigenvalue weighted by atomic mass is 10.1. The van der Waals surface area contributed by atoms with E-state index in [1.165, 1.54) is 0 Å². The SMILES string of the molecule is Cc1cc(N)ccc1C(=O)N1CCCN(C)CC1. The Balaban J connectivity index is 2.15. The van der Waals surface area contributed by atoms with E-state index in [9.17, 15) is 4.79 Å². The fourth-order valence-electron chi connectivity index (χ4n) is 2.35. The minimum atomic E-state index is 0.128. The van der Waals surface area contributed by atoms with E-state index >= 15 is 0 Å². The average molecular weight is 247 g/mol. The summed E-state index contributed by atoms with van der Waals surface area (Å²) in [4.78, 5) is 16.7. The number of amides is 1. The molecule has 1 saturated heterocycles. The molecule has 0 saturated carbocycles. The molecule has 2 rings (SSSR count). The minimum absolute atomic E-state index is 0.128. The summed E-state index contributed by atoms with van der Waals surface area (Å²) in [6.45, 7) is 5.59. The molecule has 1 aliphatic heterocycles. The standard InChI is InChI=1S/C14H21N3O/c1-11-10-12(15)4-5-13(11)14(18)17-7-3-6-16(2)8-9-17/h4-5,10H,3,6-9,15H2,1-2H3. The van der Waals surface area contributed by atoms with E-state index in [1.807, 2.05) is 24.0 Å². The van der Waals surface area contributed by atoms with Crippen LogP contribution < -0.4 is 5.73 Å². The molecule has 18 heavy (non-hydrogen) atoms. The molecule has 1 fully saturated rings. The van der Waals surface area contributed by atoms with Crippen LogP contribution in [0.4, 0.5) is 5.69 Å². The summed E-state index contributed by atoms with van der Waals surface area (Å²) in [7, 11) is 2.10. The Morgan fingerprint density at radius 2 is 2.00 bits per heavy atom. The molecule has 0 radical (unpaired) electrons. The van der Waals surface area contributed by atoms with Crippen LogP contribution in [0.2, 0.25) is 0 Å². The van der Waals surface area contributed by atoms with Crippen molar-refractivity contribution in [3.8, 4) is 0 Å². The first-order chi connectivity index (χ1) is 8.58. The Bertz CT molecular complexity index is 445. The summed E-state index contributed by atoms with van der Waals surface area (Å²) < 4.78 is 0. The normalized spacial score (nSPS) is 17.6. The first kappa shape index (κ1) is 12.9. The Morgan fingerprint density at radius 3 is 2.72 bits per heavy atom. The van der Waals surface area contributed by atoms with E-state index in [4.69, 9.17) is 5.73 Å². The highest BCUT2D eigenvalue weighted by Crippen LogP contribution is 2.15. The van der Waals surface area contributed by atoms with Crippen molar-refractivity contribution in [2.24, 2.45) is 0 Å². The van der Waals surface area contributed by atoms with Gasteiger partial charge < -0.3 is 15.5 Å². The van der Waals surface area contributed by atoms with E-state index < -0.39 is 0 Å². The molecule has 4 nitrogen and oxygen atoms in total. The number of likely N-dealkylation sites (N-methyl/N-ethyl adjacent to an activating group) is 1. The van der Waals surface area contributed by atoms with Gasteiger partial charge in [0.1, 0.15) is 0 Å². The van der Waals surface area contributed by atoms with Crippen molar-refractivity contribution in [1.29, 1.82) is 0 Å². The number of hydrogen-bond acceptors (Lipinski definition) is 3. The van der Waals surface area contributed by atoms with Crippen LogP contribution >= 0.6 is 0 Å². The molecular weight excluding hydrogens is 226 g/mol. The second kappa shape index (κ2) is 5.40. The number of aryl methyl sites for hydroxylation is 1. The van der Waals surface area contributed by atoms with Crippen molar-refractivity contribution in [3.63, 3.8) is 0 Å². The molecule has 98 valence electrons. The van der Waals surface area contributed by atoms with Gasteiger partial charge in [0.15, 0.2) is 0 Å². The van der Waals surface area contributed by atoms with Crippen molar-refractivity contribution < 1.29 is 4.79 Å². The minimum Gasteiger partial charge on any atom is -0.399 e. The fourth-order valence-corrected chi connectivity index (χ4v) is 2.35. The van der Waals surface area contributed by atoms with Gasteiger partial charge in [-0.25, -0.2) is 0 Å². The Morgan fingerprint density at radius 1 is 1.22 bits per heavy atom. The third-order valence-electron chi connectivity index (χ3n) is 3.49. The summed E-state index contributed by atoms with van der Waals surface area (Å²) in [5, 5.41) is 0. The van der Waals surface area contributed by atoms with Crippen LogP contribution in [0.1, 0.15) is 22.3 Å². The van der Waals surface area contributed by atoms with Gasteiger partial charge in [0.2, 0.25) is 0 Å². The van der Waals surface area contributed by atoms with Crippen LogP contribution in [0.15, 0.2) is 18.2 Å². The number of hydrogen-bond donors (Lipinski definition) is 1. The molecular formula is C14H21N3O. The van der Waals surface area contributed by atoms with Crippen LogP contribution in [-0.4, -0.2) is 48.9 Å². The molecule has 0 aromatic heterocycles. The summed E-state index contributed by atoms with van der Waals surface area (Å²) >= 11 is 0. The van der Waals surface area contributed by atoms with Crippen LogP contribution in [0.3, 0.4) is 0 Å². The van der Waals surface area contributed by atoms with Crippen molar-refractivity contribution >= 4 is 11.6 Å². The van der Waals surface area contributed by atoms with E-state index in [0.717, 1.165) is 43.7 Å². The molecule has 1 heterocycles. The number of anilines is 1. The quantitative estimate of drug-likeness (QED) is 0.762. The maximum atomic E-state index is 12.5. The highest BCUT2D eigenvalue weighted by atomic mass is 16.2. The molecule has 0 bridgehead atoms. The van der Waals surface area contributed by atoms with Gasteiger partial charge in [-0.3, -0.25) is 4.79 Å². The number of nitrogens with two attached hydrogens (primary N) is 1. The number of benzene rings is 1. The second-order valence-corrected chi connectivity index (χ2v) is 5.02. The van der Waals surface area contributed by atoms with E-state index in [-0.39, 0.29) is 5.91 Å². The van der Waals surface area contributed by atoms with Gasteiger partial charge in [0.05, 0.1) is 0 Å². The largest absolute Gasteiger partial charge is 0.399 e. The first-order valence-corrected chi connectivity index (χ1v) is 6.42. The smallest absolute Gasteiger partial charge is 0.254 e. The molecule has 2 N–H and O–H groups in total. The topological polar surface area (TPSA) is 49.6 Å². The molecule has 1 aromatic carbocycles. The summed E-state index contributed by atoms with van der Waals surface area (Å²) in [6.07, 6.45) is 1.04. The molecule has 0 atom stereocenters. The predicted octanol–water partition coefficient (Wildman–Crippen LogP) is 1.35. The van der Waals surface area contributed by atoms with Gasteiger partial charge in [-0.2, -0.15) is 0 Å². The molecule has 1 aliphatic rings. The molecule has 0 spiro atoms. The van der Waals surface area contributed by atoms with Crippen LogP contribution in [0.25, 0.3) is 0 Å². The van der Waals surface area contributed by atoms with Gasteiger partial charge >= 0.3 is 0 Å². The Hall–Kier alpha value is -1.55. The number of carbonyl (C=O) groups is 1. The maximum absolute atomic E-state index is 12.5. The summed E-state index contributed by atoms with van der Waals surface area (Å²) in [6, 6.07) is 5.49. The van der Waals surface area contributed by atoms with Crippen molar-refractivity contribution in [2.45, 2.75) is 13.3 Å². The lowest BCUT2D eigenvalue weighted by Gasteiger charge is -2.21. The molecule has 0 unspecified atom stereocenters. The van der Waals surface area contributed by atoms with Crippen LogP contribution in [0.5, 0.6) is 0 Å². The Labute approximate surface area is 108 Å². The predicted molar refractivity (Wildman–Crippen MR) is 73.6 cm³/mol. The van der Waals surface area contributed by atoms with E-state index in [1.54, 1.807) is 6.07 Å². The highest BCUT2D eigenvalue weighted by molar-refractivity contribution is 5.96. The second-order valence-electron chi connectivity index (χ2n) is 5.02. The molecule has 0 aliphatic carbocycles. The summed E-state index contributed by atoms with van der Waals surface area (Å²) in [5.74, 6) is 0.128. The van der Waals surface area contributed by atoms with Gasteiger partial charge in [-0.1, -0.05) is 0 Å². The van der Waals surface area contributed by atoms with Gasteiger partial charge in [0.25, 0.3) is 5.91 Å². The zero-order valence-corrected chi connectivity index (χ0v) is 11.1. The van der Waals surface area contributed by atoms with Crippen molar-refractivity contribution in [1.82, 2.24) is 9.80 Å². The number of carbonyl (C=O) groups excluding carboxylic acids is 1. The average Bonchev–Trinajstić information content (AvgIpc) is 2.53. The van der Waals surface area contributed by atoms with Crippen molar-refractivity contribution in [3.05, 3.63) is 29.3 Å². The van der Waals surface area contributed by atoms with Crippen LogP contribution in [-0.2, 0) is 0 Å². The third kappa shape index (κ3) is 2.82. The molecule has 4 heteroatoms. The Kier molecular flexibility index (Phi) is 3.87. The van der Waals surface area contributed by atoms with Gasteiger partial charge in [-0.15, -0.1) is 0 Å². The van der Waals surface area contributed by atoms with E-state index in [0.29, 0.717) is 5.69 Å². The number of nitrogen functional groups attached to an aromatic ring is 1. The van der Waals surface area contributed by atoms with Gasteiger partial charge in [0, 0.05) is 30.9 Å². The summed E-state index contributed by atoms with van der Waals surface area (Å²) in [5.41, 5.74) is 8.15. The van der Waals surface area contributed by atoms with Crippen LogP contribution in [0, 0.1) is 6.92 Å². The lowest BCUT2D eigenvalue weighted by molar-refractivity contribution is 0.0762. The fraction of sp³-hybridized carbons (Fsp3) is 0.500. The lowest BCUT2D eigenvalue weighted by Crippen LogP contribution is -2.34. The third-order valence-corrected chi connectivity index (χ3v) is 3.49. The molecule has 1 aromatic rings. The molecule has 1 amide bonds. The number of nitrogens with zero attached hydrogens (tertiary/aromatic N) is 2. The maximum Gasteiger partial charge on any atom is 0.254 e. The first-order valence-electron chi connectivity index (χ1n) is 6.42. The monoisotopic (exact) mass is 247 g/mol. The van der Waals surface area contributed by atoms with E-state index in [2.05, 4.69) is 11.9 Å². The number of rotatable bonds is 1. The highest BCUT2D eigenvalue weighted by Gasteiger charge is 2.20. The van der Waals surface area contributed by atoms with Gasteiger partial charge in [-0.05, 0) is 50.7 Å². The zero-order chi connectivity index (χ0) is 13.1. The van der Waals surface area contributed by atoms with Crippen molar-refractivity contribution in [2.75, 3.05) is 39.0 Å². The zero-order valence-electron chi connectivity index (χ0n) is 11.1.